The van der Waals surface area contributed by atoms with Gasteiger partial charge in [-0.2, -0.15) is 0 Å². The third kappa shape index (κ3) is 3.00. The standard InChI is InChI=1S/C14H26N2O.ClH/c1-4-14(3)9-12(14)13(17)16-7-5-11(6-8-16)10(2)15;/h10-12H,4-9,15H2,1-3H3;1H. The van der Waals surface area contributed by atoms with Crippen LogP contribution in [0.2, 0.25) is 0 Å². The number of piperidine rings is 1. The molecule has 2 aliphatic rings. The van der Waals surface area contributed by atoms with Crippen LogP contribution in [0.25, 0.3) is 0 Å². The minimum absolute atomic E-state index is 0. The first-order chi connectivity index (χ1) is 7.98. The van der Waals surface area contributed by atoms with Gasteiger partial charge in [0.15, 0.2) is 0 Å². The van der Waals surface area contributed by atoms with Crippen LogP contribution in [0.4, 0.5) is 0 Å². The molecule has 0 radical (unpaired) electrons. The van der Waals surface area contributed by atoms with Crippen molar-refractivity contribution in [2.75, 3.05) is 13.1 Å². The molecule has 106 valence electrons. The molecule has 3 unspecified atom stereocenters. The Morgan fingerprint density at radius 2 is 2.00 bits per heavy atom. The Morgan fingerprint density at radius 3 is 2.39 bits per heavy atom. The number of rotatable bonds is 3. The van der Waals surface area contributed by atoms with E-state index < -0.39 is 0 Å². The Kier molecular flexibility index (Phi) is 5.07. The van der Waals surface area contributed by atoms with Crippen molar-refractivity contribution in [3.05, 3.63) is 0 Å². The summed E-state index contributed by atoms with van der Waals surface area (Å²) >= 11 is 0. The maximum Gasteiger partial charge on any atom is 0.226 e. The van der Waals surface area contributed by atoms with E-state index in [-0.39, 0.29) is 18.4 Å². The summed E-state index contributed by atoms with van der Waals surface area (Å²) in [6.45, 7) is 8.35. The van der Waals surface area contributed by atoms with Crippen LogP contribution in [0, 0.1) is 17.3 Å². The van der Waals surface area contributed by atoms with E-state index in [9.17, 15) is 4.79 Å². The lowest BCUT2D eigenvalue weighted by Crippen LogP contribution is -2.43. The number of nitrogens with zero attached hydrogens (tertiary/aromatic N) is 1. The average molecular weight is 275 g/mol. The van der Waals surface area contributed by atoms with Gasteiger partial charge in [-0.3, -0.25) is 4.79 Å². The number of halogens is 1. The van der Waals surface area contributed by atoms with Gasteiger partial charge in [-0.25, -0.2) is 0 Å². The zero-order valence-electron chi connectivity index (χ0n) is 11.8. The Bertz CT molecular complexity index is 300. The van der Waals surface area contributed by atoms with E-state index in [1.165, 1.54) is 0 Å². The lowest BCUT2D eigenvalue weighted by molar-refractivity contribution is -0.134. The van der Waals surface area contributed by atoms with Crippen molar-refractivity contribution in [2.45, 2.75) is 52.5 Å². The minimum atomic E-state index is 0. The fourth-order valence-corrected chi connectivity index (χ4v) is 3.05. The quantitative estimate of drug-likeness (QED) is 0.859. The number of amides is 1. The third-order valence-corrected chi connectivity index (χ3v) is 5.05. The van der Waals surface area contributed by atoms with E-state index >= 15 is 0 Å². The summed E-state index contributed by atoms with van der Waals surface area (Å²) in [5.74, 6) is 1.31. The summed E-state index contributed by atoms with van der Waals surface area (Å²) in [5.41, 5.74) is 6.22. The SMILES string of the molecule is CCC1(C)CC1C(=O)N1CCC(C(C)N)CC1.Cl. The van der Waals surface area contributed by atoms with Crippen molar-refractivity contribution in [1.82, 2.24) is 4.90 Å². The second kappa shape index (κ2) is 5.79. The molecule has 0 aromatic carbocycles. The van der Waals surface area contributed by atoms with Gasteiger partial charge >= 0.3 is 0 Å². The highest BCUT2D eigenvalue weighted by Gasteiger charge is 2.54. The van der Waals surface area contributed by atoms with Crippen LogP contribution >= 0.6 is 12.4 Å². The van der Waals surface area contributed by atoms with Gasteiger partial charge in [0.1, 0.15) is 0 Å². The van der Waals surface area contributed by atoms with E-state index in [4.69, 9.17) is 5.73 Å². The zero-order valence-corrected chi connectivity index (χ0v) is 12.6. The topological polar surface area (TPSA) is 46.3 Å². The summed E-state index contributed by atoms with van der Waals surface area (Å²) in [6, 6.07) is 0.272. The highest BCUT2D eigenvalue weighted by Crippen LogP contribution is 2.55. The normalized spacial score (nSPS) is 33.8. The summed E-state index contributed by atoms with van der Waals surface area (Å²) in [4.78, 5) is 14.4. The first kappa shape index (κ1) is 15.8. The highest BCUT2D eigenvalue weighted by molar-refractivity contribution is 5.85. The van der Waals surface area contributed by atoms with Crippen LogP contribution in [0.15, 0.2) is 0 Å². The third-order valence-electron chi connectivity index (χ3n) is 5.05. The Balaban J connectivity index is 0.00000162. The zero-order chi connectivity index (χ0) is 12.6. The molecule has 0 aromatic rings. The summed E-state index contributed by atoms with van der Waals surface area (Å²) in [7, 11) is 0. The molecule has 3 nitrogen and oxygen atoms in total. The van der Waals surface area contributed by atoms with Crippen LogP contribution in [-0.4, -0.2) is 29.9 Å². The van der Waals surface area contributed by atoms with Gasteiger partial charge in [0, 0.05) is 25.0 Å². The first-order valence-electron chi connectivity index (χ1n) is 7.02. The Morgan fingerprint density at radius 1 is 1.44 bits per heavy atom. The van der Waals surface area contributed by atoms with E-state index in [1.807, 2.05) is 0 Å². The predicted octanol–water partition coefficient (Wildman–Crippen LogP) is 2.43. The first-order valence-corrected chi connectivity index (χ1v) is 7.02. The van der Waals surface area contributed by atoms with Gasteiger partial charge in [-0.1, -0.05) is 13.8 Å². The Labute approximate surface area is 117 Å². The molecule has 0 spiro atoms. The van der Waals surface area contributed by atoms with Gasteiger partial charge in [-0.05, 0) is 43.9 Å². The molecule has 1 saturated heterocycles. The van der Waals surface area contributed by atoms with Gasteiger partial charge < -0.3 is 10.6 Å². The van der Waals surface area contributed by atoms with Crippen LogP contribution in [-0.2, 0) is 4.79 Å². The molecule has 2 fully saturated rings. The Hall–Kier alpha value is -0.280. The molecule has 2 rings (SSSR count). The lowest BCUT2D eigenvalue weighted by atomic mass is 9.90. The lowest BCUT2D eigenvalue weighted by Gasteiger charge is -2.34. The molecular weight excluding hydrogens is 248 g/mol. The molecule has 0 bridgehead atoms. The molecule has 1 heterocycles. The van der Waals surface area contributed by atoms with Crippen molar-refractivity contribution < 1.29 is 4.79 Å². The summed E-state index contributed by atoms with van der Waals surface area (Å²) in [5, 5.41) is 0. The van der Waals surface area contributed by atoms with Crippen molar-refractivity contribution >= 4 is 18.3 Å². The maximum absolute atomic E-state index is 12.3. The van der Waals surface area contributed by atoms with Crippen molar-refractivity contribution in [2.24, 2.45) is 23.0 Å². The number of carbonyl (C=O) groups excluding carboxylic acids is 1. The molecule has 0 aromatic heterocycles. The van der Waals surface area contributed by atoms with Crippen LogP contribution in [0.5, 0.6) is 0 Å². The molecule has 2 N–H and O–H groups in total. The van der Waals surface area contributed by atoms with Gasteiger partial charge in [0.05, 0.1) is 0 Å². The summed E-state index contributed by atoms with van der Waals surface area (Å²) < 4.78 is 0. The molecule has 4 heteroatoms. The van der Waals surface area contributed by atoms with Gasteiger partial charge in [-0.15, -0.1) is 12.4 Å². The predicted molar refractivity (Wildman–Crippen MR) is 76.7 cm³/mol. The molecule has 3 atom stereocenters. The average Bonchev–Trinajstić information content (AvgIpc) is 3.02. The molecule has 1 amide bonds. The fraction of sp³-hybridized carbons (Fsp3) is 0.929. The number of carbonyl (C=O) groups is 1. The van der Waals surface area contributed by atoms with E-state index in [1.54, 1.807) is 0 Å². The van der Waals surface area contributed by atoms with Crippen LogP contribution in [0.1, 0.15) is 46.5 Å². The number of hydrogen-bond donors (Lipinski definition) is 1. The monoisotopic (exact) mass is 274 g/mol. The second-order valence-electron chi connectivity index (χ2n) is 6.29. The van der Waals surface area contributed by atoms with Crippen molar-refractivity contribution in [1.29, 1.82) is 0 Å². The number of likely N-dealkylation sites (tertiary alicyclic amines) is 1. The van der Waals surface area contributed by atoms with E-state index in [2.05, 4.69) is 25.7 Å². The maximum atomic E-state index is 12.3. The van der Waals surface area contributed by atoms with Crippen molar-refractivity contribution in [3.63, 3.8) is 0 Å². The van der Waals surface area contributed by atoms with E-state index in [0.29, 0.717) is 23.2 Å². The molecule has 18 heavy (non-hydrogen) atoms. The largest absolute Gasteiger partial charge is 0.342 e. The van der Waals surface area contributed by atoms with Gasteiger partial charge in [0.2, 0.25) is 5.91 Å². The fourth-order valence-electron chi connectivity index (χ4n) is 3.05. The van der Waals surface area contributed by atoms with Crippen LogP contribution in [0.3, 0.4) is 0 Å². The van der Waals surface area contributed by atoms with Crippen molar-refractivity contribution in [3.8, 4) is 0 Å². The number of hydrogen-bond acceptors (Lipinski definition) is 2. The molecule has 1 aliphatic carbocycles. The molecular formula is C14H27ClN2O. The molecule has 1 saturated carbocycles. The highest BCUT2D eigenvalue weighted by atomic mass is 35.5. The molecule has 1 aliphatic heterocycles. The van der Waals surface area contributed by atoms with Gasteiger partial charge in [0.25, 0.3) is 0 Å². The second-order valence-corrected chi connectivity index (χ2v) is 6.29. The number of nitrogens with two attached hydrogens (primary N) is 1. The van der Waals surface area contributed by atoms with Crippen LogP contribution < -0.4 is 5.73 Å². The van der Waals surface area contributed by atoms with E-state index in [0.717, 1.165) is 38.8 Å². The minimum Gasteiger partial charge on any atom is -0.342 e. The smallest absolute Gasteiger partial charge is 0.226 e. The summed E-state index contributed by atoms with van der Waals surface area (Å²) in [6.07, 6.45) is 4.38.